The summed E-state index contributed by atoms with van der Waals surface area (Å²) in [5.41, 5.74) is 0.440. The van der Waals surface area contributed by atoms with Crippen LogP contribution in [-0.4, -0.2) is 39.9 Å². The number of amides is 1. The highest BCUT2D eigenvalue weighted by molar-refractivity contribution is 5.97. The first kappa shape index (κ1) is 13.0. The van der Waals surface area contributed by atoms with Gasteiger partial charge in [-0.05, 0) is 13.0 Å². The van der Waals surface area contributed by atoms with E-state index < -0.39 is 16.8 Å². The fraction of sp³-hybridized carbons (Fsp3) is 0.333. The fourth-order valence-electron chi connectivity index (χ4n) is 2.02. The number of nitrogens with zero attached hydrogens (tertiary/aromatic N) is 2. The van der Waals surface area contributed by atoms with E-state index in [1.54, 1.807) is 0 Å². The molecular formula is C12H12N2O5. The SMILES string of the molecule is Cc1c(C(=O)N2CC(C(=O)O)C2)cccc1[N+](=O)[O-]. The lowest BCUT2D eigenvalue weighted by atomic mass is 9.97. The molecule has 0 aliphatic carbocycles. The molecule has 0 spiro atoms. The molecular weight excluding hydrogens is 252 g/mol. The minimum Gasteiger partial charge on any atom is -0.481 e. The van der Waals surface area contributed by atoms with E-state index in [4.69, 9.17) is 5.11 Å². The molecule has 2 rings (SSSR count). The van der Waals surface area contributed by atoms with Crippen LogP contribution < -0.4 is 0 Å². The van der Waals surface area contributed by atoms with Crippen LogP contribution in [0.2, 0.25) is 0 Å². The van der Waals surface area contributed by atoms with Gasteiger partial charge in [0.05, 0.1) is 10.8 Å². The van der Waals surface area contributed by atoms with E-state index in [-0.39, 0.29) is 30.2 Å². The van der Waals surface area contributed by atoms with E-state index in [1.165, 1.54) is 30.0 Å². The van der Waals surface area contributed by atoms with Crippen LogP contribution in [0.15, 0.2) is 18.2 Å². The lowest BCUT2D eigenvalue weighted by molar-refractivity contribution is -0.385. The molecule has 1 aromatic rings. The Labute approximate surface area is 108 Å². The maximum atomic E-state index is 12.1. The average Bonchev–Trinajstić information content (AvgIpc) is 2.25. The van der Waals surface area contributed by atoms with Crippen molar-refractivity contribution in [3.05, 3.63) is 39.4 Å². The molecule has 1 aliphatic rings. The number of carboxylic acid groups (broad SMARTS) is 1. The van der Waals surface area contributed by atoms with E-state index in [0.717, 1.165) is 0 Å². The van der Waals surface area contributed by atoms with E-state index in [9.17, 15) is 19.7 Å². The average molecular weight is 264 g/mol. The number of carbonyl (C=O) groups is 2. The molecule has 1 aromatic carbocycles. The molecule has 0 unspecified atom stereocenters. The van der Waals surface area contributed by atoms with Crippen molar-refractivity contribution in [3.63, 3.8) is 0 Å². The smallest absolute Gasteiger partial charge is 0.310 e. The minimum atomic E-state index is -0.931. The second-order valence-electron chi connectivity index (χ2n) is 4.45. The number of aliphatic carboxylic acids is 1. The molecule has 100 valence electrons. The fourth-order valence-corrected chi connectivity index (χ4v) is 2.02. The van der Waals surface area contributed by atoms with Crippen LogP contribution in [0.4, 0.5) is 5.69 Å². The highest BCUT2D eigenvalue weighted by atomic mass is 16.6. The van der Waals surface area contributed by atoms with Crippen molar-refractivity contribution < 1.29 is 19.6 Å². The first-order valence-electron chi connectivity index (χ1n) is 5.68. The van der Waals surface area contributed by atoms with Gasteiger partial charge in [0.2, 0.25) is 0 Å². The summed E-state index contributed by atoms with van der Waals surface area (Å²) in [6.45, 7) is 1.81. The lowest BCUT2D eigenvalue weighted by Gasteiger charge is -2.36. The Kier molecular flexibility index (Phi) is 3.20. The molecule has 0 atom stereocenters. The highest BCUT2D eigenvalue weighted by Gasteiger charge is 2.36. The van der Waals surface area contributed by atoms with Gasteiger partial charge >= 0.3 is 5.97 Å². The summed E-state index contributed by atoms with van der Waals surface area (Å²) in [5, 5.41) is 19.5. The molecule has 7 heteroatoms. The molecule has 0 aromatic heterocycles. The number of benzene rings is 1. The Bertz CT molecular complexity index is 563. The number of likely N-dealkylation sites (tertiary alicyclic amines) is 1. The third kappa shape index (κ3) is 2.26. The Morgan fingerprint density at radius 1 is 1.42 bits per heavy atom. The van der Waals surface area contributed by atoms with Gasteiger partial charge in [0.25, 0.3) is 11.6 Å². The zero-order valence-corrected chi connectivity index (χ0v) is 10.2. The van der Waals surface area contributed by atoms with Crippen molar-refractivity contribution in [2.45, 2.75) is 6.92 Å². The molecule has 1 fully saturated rings. The van der Waals surface area contributed by atoms with Gasteiger partial charge in [0.1, 0.15) is 0 Å². The number of nitro benzene ring substituents is 1. The molecule has 0 bridgehead atoms. The first-order chi connectivity index (χ1) is 8.91. The zero-order chi connectivity index (χ0) is 14.2. The van der Waals surface area contributed by atoms with E-state index >= 15 is 0 Å². The number of nitro groups is 1. The molecule has 1 heterocycles. The normalized spacial score (nSPS) is 14.9. The van der Waals surface area contributed by atoms with Crippen LogP contribution in [0.25, 0.3) is 0 Å². The van der Waals surface area contributed by atoms with Crippen LogP contribution in [0.1, 0.15) is 15.9 Å². The van der Waals surface area contributed by atoms with Gasteiger partial charge in [-0.15, -0.1) is 0 Å². The molecule has 0 saturated carbocycles. The summed E-state index contributed by atoms with van der Waals surface area (Å²) in [5.74, 6) is -1.83. The third-order valence-corrected chi connectivity index (χ3v) is 3.25. The maximum absolute atomic E-state index is 12.1. The topological polar surface area (TPSA) is 101 Å². The summed E-state index contributed by atoms with van der Waals surface area (Å²) in [4.78, 5) is 34.4. The predicted octanol–water partition coefficient (Wildman–Crippen LogP) is 1.06. The monoisotopic (exact) mass is 264 g/mol. The van der Waals surface area contributed by atoms with Gasteiger partial charge < -0.3 is 10.0 Å². The van der Waals surface area contributed by atoms with E-state index in [2.05, 4.69) is 0 Å². The van der Waals surface area contributed by atoms with Crippen molar-refractivity contribution in [1.82, 2.24) is 4.90 Å². The van der Waals surface area contributed by atoms with Crippen molar-refractivity contribution in [2.75, 3.05) is 13.1 Å². The number of carbonyl (C=O) groups excluding carboxylic acids is 1. The van der Waals surface area contributed by atoms with Gasteiger partial charge in [-0.3, -0.25) is 19.7 Å². The summed E-state index contributed by atoms with van der Waals surface area (Å²) in [7, 11) is 0. The van der Waals surface area contributed by atoms with Crippen LogP contribution in [0.3, 0.4) is 0 Å². The highest BCUT2D eigenvalue weighted by Crippen LogP contribution is 2.25. The van der Waals surface area contributed by atoms with Gasteiger partial charge in [0.15, 0.2) is 0 Å². The summed E-state index contributed by atoms with van der Waals surface area (Å²) < 4.78 is 0. The molecule has 19 heavy (non-hydrogen) atoms. The predicted molar refractivity (Wildman–Crippen MR) is 64.9 cm³/mol. The van der Waals surface area contributed by atoms with E-state index in [0.29, 0.717) is 5.56 Å². The minimum absolute atomic E-state index is 0.110. The van der Waals surface area contributed by atoms with Crippen LogP contribution >= 0.6 is 0 Å². The van der Waals surface area contributed by atoms with Crippen molar-refractivity contribution in [2.24, 2.45) is 5.92 Å². The van der Waals surface area contributed by atoms with Crippen molar-refractivity contribution in [1.29, 1.82) is 0 Å². The zero-order valence-electron chi connectivity index (χ0n) is 10.2. The molecule has 1 saturated heterocycles. The summed E-state index contributed by atoms with van der Waals surface area (Å²) in [6.07, 6.45) is 0. The quantitative estimate of drug-likeness (QED) is 0.649. The Balaban J connectivity index is 2.20. The molecule has 1 N–H and O–H groups in total. The Morgan fingerprint density at radius 2 is 2.05 bits per heavy atom. The Hall–Kier alpha value is -2.44. The van der Waals surface area contributed by atoms with Crippen LogP contribution in [0.5, 0.6) is 0 Å². The third-order valence-electron chi connectivity index (χ3n) is 3.25. The van der Waals surface area contributed by atoms with Gasteiger partial charge in [0, 0.05) is 30.3 Å². The molecule has 0 radical (unpaired) electrons. The molecule has 1 amide bonds. The number of hydrogen-bond donors (Lipinski definition) is 1. The van der Waals surface area contributed by atoms with Crippen molar-refractivity contribution in [3.8, 4) is 0 Å². The number of carboxylic acids is 1. The summed E-state index contributed by atoms with van der Waals surface area (Å²) in [6, 6.07) is 4.30. The number of rotatable bonds is 3. The molecule has 7 nitrogen and oxygen atoms in total. The second-order valence-corrected chi connectivity index (χ2v) is 4.45. The second kappa shape index (κ2) is 4.68. The summed E-state index contributed by atoms with van der Waals surface area (Å²) >= 11 is 0. The van der Waals surface area contributed by atoms with Gasteiger partial charge in [-0.25, -0.2) is 0 Å². The van der Waals surface area contributed by atoms with Gasteiger partial charge in [-0.1, -0.05) is 6.07 Å². The number of hydrogen-bond acceptors (Lipinski definition) is 4. The lowest BCUT2D eigenvalue weighted by Crippen LogP contribution is -2.53. The Morgan fingerprint density at radius 3 is 2.58 bits per heavy atom. The standard InChI is InChI=1S/C12H12N2O5/c1-7-9(3-2-4-10(7)14(18)19)11(15)13-5-8(6-13)12(16)17/h2-4,8H,5-6H2,1H3,(H,16,17). The molecule has 1 aliphatic heterocycles. The van der Waals surface area contributed by atoms with Crippen molar-refractivity contribution >= 4 is 17.6 Å². The van der Waals surface area contributed by atoms with E-state index in [1.807, 2.05) is 0 Å². The maximum Gasteiger partial charge on any atom is 0.310 e. The van der Waals surface area contributed by atoms with Crippen LogP contribution in [0, 0.1) is 23.0 Å². The largest absolute Gasteiger partial charge is 0.481 e. The van der Waals surface area contributed by atoms with Crippen LogP contribution in [-0.2, 0) is 4.79 Å². The van der Waals surface area contributed by atoms with Gasteiger partial charge in [-0.2, -0.15) is 0 Å². The first-order valence-corrected chi connectivity index (χ1v) is 5.68.